The molecule has 0 aromatic carbocycles. The Morgan fingerprint density at radius 1 is 1.29 bits per heavy atom. The van der Waals surface area contributed by atoms with Crippen LogP contribution in [0.1, 0.15) is 43.9 Å². The van der Waals surface area contributed by atoms with E-state index in [0.717, 1.165) is 23.6 Å². The molecular formula is C11H17BrN2. The summed E-state index contributed by atoms with van der Waals surface area (Å²) in [5.74, 6) is 1.35. The molecule has 1 heterocycles. The van der Waals surface area contributed by atoms with E-state index in [2.05, 4.69) is 52.7 Å². The SMILES string of the molecule is Cc1cc(CC(C)Br)nc(C(C)C)n1. The molecule has 0 aliphatic heterocycles. The molecular weight excluding hydrogens is 240 g/mol. The molecule has 0 spiro atoms. The molecule has 78 valence electrons. The Kier molecular flexibility index (Phi) is 4.05. The highest BCUT2D eigenvalue weighted by molar-refractivity contribution is 9.09. The van der Waals surface area contributed by atoms with Crippen LogP contribution in [0.25, 0.3) is 0 Å². The van der Waals surface area contributed by atoms with Crippen molar-refractivity contribution in [3.05, 3.63) is 23.3 Å². The van der Waals surface area contributed by atoms with E-state index >= 15 is 0 Å². The highest BCUT2D eigenvalue weighted by atomic mass is 79.9. The normalized spacial score (nSPS) is 13.3. The molecule has 0 aliphatic carbocycles. The molecule has 1 atom stereocenters. The highest BCUT2D eigenvalue weighted by Crippen LogP contribution is 2.13. The first-order valence-corrected chi connectivity index (χ1v) is 5.89. The van der Waals surface area contributed by atoms with E-state index in [-0.39, 0.29) is 0 Å². The van der Waals surface area contributed by atoms with Crippen molar-refractivity contribution in [3.63, 3.8) is 0 Å². The van der Waals surface area contributed by atoms with Gasteiger partial charge in [0.2, 0.25) is 0 Å². The van der Waals surface area contributed by atoms with Crippen molar-refractivity contribution >= 4 is 15.9 Å². The predicted octanol–water partition coefficient (Wildman–Crippen LogP) is 3.23. The standard InChI is InChI=1S/C11H17BrN2/c1-7(2)11-13-9(4)6-10(14-11)5-8(3)12/h6-8H,5H2,1-4H3. The van der Waals surface area contributed by atoms with Crippen molar-refractivity contribution in [2.45, 2.75) is 44.9 Å². The Morgan fingerprint density at radius 2 is 1.93 bits per heavy atom. The molecule has 1 unspecified atom stereocenters. The van der Waals surface area contributed by atoms with E-state index < -0.39 is 0 Å². The van der Waals surface area contributed by atoms with Crippen LogP contribution in [-0.2, 0) is 6.42 Å². The largest absolute Gasteiger partial charge is 0.238 e. The fourth-order valence-corrected chi connectivity index (χ4v) is 1.64. The van der Waals surface area contributed by atoms with Gasteiger partial charge >= 0.3 is 0 Å². The van der Waals surface area contributed by atoms with E-state index in [9.17, 15) is 0 Å². The summed E-state index contributed by atoms with van der Waals surface area (Å²) in [7, 11) is 0. The summed E-state index contributed by atoms with van der Waals surface area (Å²) in [5.41, 5.74) is 2.19. The van der Waals surface area contributed by atoms with Crippen LogP contribution in [0.5, 0.6) is 0 Å². The average Bonchev–Trinajstić information content (AvgIpc) is 2.01. The maximum Gasteiger partial charge on any atom is 0.131 e. The molecule has 1 aromatic rings. The lowest BCUT2D eigenvalue weighted by Crippen LogP contribution is -2.06. The van der Waals surface area contributed by atoms with Gasteiger partial charge in [-0.05, 0) is 13.0 Å². The Hall–Kier alpha value is -0.440. The van der Waals surface area contributed by atoms with E-state index in [1.54, 1.807) is 0 Å². The fourth-order valence-electron chi connectivity index (χ4n) is 1.31. The topological polar surface area (TPSA) is 25.8 Å². The lowest BCUT2D eigenvalue weighted by molar-refractivity contribution is 0.743. The molecule has 0 N–H and O–H groups in total. The quantitative estimate of drug-likeness (QED) is 0.777. The monoisotopic (exact) mass is 256 g/mol. The van der Waals surface area contributed by atoms with E-state index in [1.807, 2.05) is 6.92 Å². The molecule has 0 radical (unpaired) electrons. The number of aryl methyl sites for hydroxylation is 1. The zero-order chi connectivity index (χ0) is 10.7. The third kappa shape index (κ3) is 3.37. The molecule has 0 bridgehead atoms. The minimum Gasteiger partial charge on any atom is -0.238 e. The van der Waals surface area contributed by atoms with E-state index in [1.165, 1.54) is 0 Å². The van der Waals surface area contributed by atoms with Gasteiger partial charge in [-0.1, -0.05) is 36.7 Å². The molecule has 0 saturated carbocycles. The van der Waals surface area contributed by atoms with Crippen LogP contribution in [0.2, 0.25) is 0 Å². The first kappa shape index (κ1) is 11.6. The van der Waals surface area contributed by atoms with Crippen molar-refractivity contribution in [3.8, 4) is 0 Å². The molecule has 0 aliphatic rings. The van der Waals surface area contributed by atoms with Crippen LogP contribution >= 0.6 is 15.9 Å². The van der Waals surface area contributed by atoms with Gasteiger partial charge in [0.1, 0.15) is 5.82 Å². The van der Waals surface area contributed by atoms with Gasteiger partial charge in [0.25, 0.3) is 0 Å². The van der Waals surface area contributed by atoms with Crippen LogP contribution in [0.3, 0.4) is 0 Å². The summed E-state index contributed by atoms with van der Waals surface area (Å²) in [6.07, 6.45) is 0.961. The summed E-state index contributed by atoms with van der Waals surface area (Å²) >= 11 is 3.54. The summed E-state index contributed by atoms with van der Waals surface area (Å²) < 4.78 is 0. The maximum atomic E-state index is 4.53. The molecule has 1 rings (SSSR count). The van der Waals surface area contributed by atoms with Crippen LogP contribution in [0.15, 0.2) is 6.07 Å². The van der Waals surface area contributed by atoms with E-state index in [0.29, 0.717) is 10.7 Å². The van der Waals surface area contributed by atoms with Gasteiger partial charge < -0.3 is 0 Å². The first-order valence-electron chi connectivity index (χ1n) is 4.97. The first-order chi connectivity index (χ1) is 6.49. The number of alkyl halides is 1. The second kappa shape index (κ2) is 4.87. The molecule has 0 fully saturated rings. The predicted molar refractivity (Wildman–Crippen MR) is 63.0 cm³/mol. The minimum atomic E-state index is 0.402. The summed E-state index contributed by atoms with van der Waals surface area (Å²) in [5, 5.41) is 0. The van der Waals surface area contributed by atoms with Crippen molar-refractivity contribution in [1.29, 1.82) is 0 Å². The third-order valence-corrected chi connectivity index (χ3v) is 2.26. The minimum absolute atomic E-state index is 0.402. The molecule has 3 heteroatoms. The van der Waals surface area contributed by atoms with Gasteiger partial charge in [0.05, 0.1) is 0 Å². The smallest absolute Gasteiger partial charge is 0.131 e. The Bertz CT molecular complexity index is 308. The number of nitrogens with zero attached hydrogens (tertiary/aromatic N) is 2. The fraction of sp³-hybridized carbons (Fsp3) is 0.636. The van der Waals surface area contributed by atoms with Gasteiger partial charge in [-0.2, -0.15) is 0 Å². The Morgan fingerprint density at radius 3 is 2.43 bits per heavy atom. The summed E-state index contributed by atoms with van der Waals surface area (Å²) in [6, 6.07) is 2.06. The van der Waals surface area contributed by atoms with Crippen LogP contribution in [0.4, 0.5) is 0 Å². The number of halogens is 1. The molecule has 14 heavy (non-hydrogen) atoms. The second-order valence-electron chi connectivity index (χ2n) is 4.00. The molecule has 2 nitrogen and oxygen atoms in total. The van der Waals surface area contributed by atoms with Crippen molar-refractivity contribution < 1.29 is 0 Å². The zero-order valence-corrected chi connectivity index (χ0v) is 10.8. The number of hydrogen-bond donors (Lipinski definition) is 0. The highest BCUT2D eigenvalue weighted by Gasteiger charge is 2.07. The maximum absolute atomic E-state index is 4.53. The average molecular weight is 257 g/mol. The Balaban J connectivity index is 2.95. The van der Waals surface area contributed by atoms with Gasteiger partial charge in [-0.15, -0.1) is 0 Å². The third-order valence-electron chi connectivity index (χ3n) is 1.93. The lowest BCUT2D eigenvalue weighted by Gasteiger charge is -2.09. The zero-order valence-electron chi connectivity index (χ0n) is 9.21. The van der Waals surface area contributed by atoms with Crippen molar-refractivity contribution in [2.24, 2.45) is 0 Å². The molecule has 0 amide bonds. The molecule has 0 saturated heterocycles. The van der Waals surface area contributed by atoms with E-state index in [4.69, 9.17) is 0 Å². The van der Waals surface area contributed by atoms with Gasteiger partial charge in [-0.25, -0.2) is 9.97 Å². The van der Waals surface area contributed by atoms with Gasteiger partial charge in [0.15, 0.2) is 0 Å². The number of rotatable bonds is 3. The number of hydrogen-bond acceptors (Lipinski definition) is 2. The van der Waals surface area contributed by atoms with Crippen LogP contribution in [0, 0.1) is 6.92 Å². The number of aromatic nitrogens is 2. The van der Waals surface area contributed by atoms with Gasteiger partial charge in [0, 0.05) is 28.6 Å². The summed E-state index contributed by atoms with van der Waals surface area (Å²) in [6.45, 7) is 8.40. The van der Waals surface area contributed by atoms with Crippen molar-refractivity contribution in [1.82, 2.24) is 9.97 Å². The second-order valence-corrected chi connectivity index (χ2v) is 5.56. The van der Waals surface area contributed by atoms with Crippen LogP contribution in [-0.4, -0.2) is 14.8 Å². The summed E-state index contributed by atoms with van der Waals surface area (Å²) in [4.78, 5) is 9.42. The lowest BCUT2D eigenvalue weighted by atomic mass is 10.1. The van der Waals surface area contributed by atoms with Gasteiger partial charge in [-0.3, -0.25) is 0 Å². The van der Waals surface area contributed by atoms with Crippen molar-refractivity contribution in [2.75, 3.05) is 0 Å². The Labute approximate surface area is 94.3 Å². The van der Waals surface area contributed by atoms with Crippen LogP contribution < -0.4 is 0 Å². The molecule has 1 aromatic heterocycles.